The van der Waals surface area contributed by atoms with Gasteiger partial charge in [-0.15, -0.1) is 0 Å². The minimum absolute atomic E-state index is 0.220. The first kappa shape index (κ1) is 20.1. The summed E-state index contributed by atoms with van der Waals surface area (Å²) in [6.07, 6.45) is 0. The molecule has 1 atom stereocenters. The lowest BCUT2D eigenvalue weighted by Gasteiger charge is -2.25. The van der Waals surface area contributed by atoms with Crippen LogP contribution in [0.5, 0.6) is 11.5 Å². The largest absolute Gasteiger partial charge is 0.455 e. The Morgan fingerprint density at radius 1 is 0.875 bits per heavy atom. The first-order valence-corrected chi connectivity index (χ1v) is 11.6. The molecule has 1 amide bonds. The van der Waals surface area contributed by atoms with Crippen LogP contribution in [-0.2, 0) is 14.8 Å². The molecule has 0 radical (unpaired) electrons. The zero-order valence-electron chi connectivity index (χ0n) is 17.2. The standard InChI is InChI=1S/C25H20N2O4S/c1-17(27-21-14-7-9-18-10-8-16-23(24(18)21)32(27,29)30)25(28)26-20-13-5-6-15-22(20)31-19-11-3-2-4-12-19/h2-17H,1H3,(H,26,28)/t17-/m1/s1. The smallest absolute Gasteiger partial charge is 0.265 e. The number of ether oxygens (including phenoxy) is 1. The Morgan fingerprint density at radius 2 is 1.56 bits per heavy atom. The predicted octanol–water partition coefficient (Wildman–Crippen LogP) is 5.17. The topological polar surface area (TPSA) is 75.7 Å². The van der Waals surface area contributed by atoms with Crippen LogP contribution in [0.3, 0.4) is 0 Å². The molecule has 1 aliphatic rings. The van der Waals surface area contributed by atoms with Crippen molar-refractivity contribution in [1.29, 1.82) is 0 Å². The van der Waals surface area contributed by atoms with Gasteiger partial charge in [0.2, 0.25) is 5.91 Å². The molecule has 0 bridgehead atoms. The van der Waals surface area contributed by atoms with Crippen molar-refractivity contribution in [2.45, 2.75) is 17.9 Å². The Kier molecular flexibility index (Phi) is 4.83. The monoisotopic (exact) mass is 444 g/mol. The molecule has 160 valence electrons. The fraction of sp³-hybridized carbons (Fsp3) is 0.0800. The molecule has 5 rings (SSSR count). The second-order valence-corrected chi connectivity index (χ2v) is 9.29. The number of hydrogen-bond acceptors (Lipinski definition) is 4. The maximum absolute atomic E-state index is 13.3. The van der Waals surface area contributed by atoms with Gasteiger partial charge in [-0.25, -0.2) is 8.42 Å². The van der Waals surface area contributed by atoms with E-state index in [9.17, 15) is 13.2 Å². The van der Waals surface area contributed by atoms with E-state index in [1.807, 2.05) is 42.5 Å². The van der Waals surface area contributed by atoms with Gasteiger partial charge in [0.1, 0.15) is 11.8 Å². The summed E-state index contributed by atoms with van der Waals surface area (Å²) in [6.45, 7) is 1.58. The summed E-state index contributed by atoms with van der Waals surface area (Å²) in [5.74, 6) is 0.642. The molecule has 32 heavy (non-hydrogen) atoms. The van der Waals surface area contributed by atoms with E-state index < -0.39 is 22.0 Å². The van der Waals surface area contributed by atoms with Gasteiger partial charge in [-0.3, -0.25) is 9.10 Å². The quantitative estimate of drug-likeness (QED) is 0.461. The van der Waals surface area contributed by atoms with Crippen molar-refractivity contribution in [3.8, 4) is 11.5 Å². The summed E-state index contributed by atoms with van der Waals surface area (Å²) in [5, 5.41) is 4.29. The fourth-order valence-corrected chi connectivity index (χ4v) is 5.82. The van der Waals surface area contributed by atoms with E-state index >= 15 is 0 Å². The number of benzene rings is 4. The van der Waals surface area contributed by atoms with Gasteiger partial charge in [-0.1, -0.05) is 54.6 Å². The van der Waals surface area contributed by atoms with Crippen LogP contribution < -0.4 is 14.4 Å². The second-order valence-electron chi connectivity index (χ2n) is 7.51. The third-order valence-electron chi connectivity index (χ3n) is 5.47. The number of sulfonamides is 1. The summed E-state index contributed by atoms with van der Waals surface area (Å²) >= 11 is 0. The molecule has 6 nitrogen and oxygen atoms in total. The highest BCUT2D eigenvalue weighted by Crippen LogP contribution is 2.43. The van der Waals surface area contributed by atoms with Gasteiger partial charge in [0.05, 0.1) is 16.3 Å². The molecule has 0 unspecified atom stereocenters. The van der Waals surface area contributed by atoms with Crippen LogP contribution in [0.2, 0.25) is 0 Å². The summed E-state index contributed by atoms with van der Waals surface area (Å²) in [4.78, 5) is 13.4. The van der Waals surface area contributed by atoms with E-state index in [1.165, 1.54) is 4.31 Å². The van der Waals surface area contributed by atoms with Crippen LogP contribution in [0, 0.1) is 0 Å². The molecule has 0 fully saturated rings. The molecule has 0 saturated carbocycles. The van der Waals surface area contributed by atoms with Gasteiger partial charge in [-0.2, -0.15) is 0 Å². The molecule has 4 aromatic rings. The number of carbonyl (C=O) groups is 1. The third-order valence-corrected chi connectivity index (χ3v) is 7.39. The molecule has 1 heterocycles. The third kappa shape index (κ3) is 3.27. The van der Waals surface area contributed by atoms with Crippen LogP contribution in [0.4, 0.5) is 11.4 Å². The zero-order valence-corrected chi connectivity index (χ0v) is 18.0. The van der Waals surface area contributed by atoms with Crippen LogP contribution >= 0.6 is 0 Å². The van der Waals surface area contributed by atoms with Gasteiger partial charge in [0.15, 0.2) is 5.75 Å². The summed E-state index contributed by atoms with van der Waals surface area (Å²) in [6, 6.07) is 25.9. The summed E-state index contributed by atoms with van der Waals surface area (Å²) < 4.78 is 33.7. The highest BCUT2D eigenvalue weighted by Gasteiger charge is 2.40. The van der Waals surface area contributed by atoms with E-state index in [1.54, 1.807) is 55.5 Å². The zero-order chi connectivity index (χ0) is 22.3. The molecule has 0 aliphatic carbocycles. The molecule has 0 aromatic heterocycles. The van der Waals surface area contributed by atoms with Gasteiger partial charge in [0, 0.05) is 5.39 Å². The molecule has 4 aromatic carbocycles. The lowest BCUT2D eigenvalue weighted by Crippen LogP contribution is -2.44. The Morgan fingerprint density at radius 3 is 2.34 bits per heavy atom. The Bertz CT molecular complexity index is 1430. The molecule has 1 aliphatic heterocycles. The van der Waals surface area contributed by atoms with Crippen molar-refractivity contribution < 1.29 is 17.9 Å². The van der Waals surface area contributed by atoms with Crippen molar-refractivity contribution in [3.63, 3.8) is 0 Å². The van der Waals surface area contributed by atoms with Crippen LogP contribution in [0.25, 0.3) is 10.8 Å². The van der Waals surface area contributed by atoms with Crippen LogP contribution in [0.15, 0.2) is 95.9 Å². The highest BCUT2D eigenvalue weighted by atomic mass is 32.2. The van der Waals surface area contributed by atoms with Crippen molar-refractivity contribution >= 4 is 38.1 Å². The summed E-state index contributed by atoms with van der Waals surface area (Å²) in [5.41, 5.74) is 0.968. The Hall–Kier alpha value is -3.84. The number of amides is 1. The number of anilines is 2. The van der Waals surface area contributed by atoms with Gasteiger partial charge in [0.25, 0.3) is 10.0 Å². The Labute approximate surface area is 186 Å². The maximum atomic E-state index is 13.3. The summed E-state index contributed by atoms with van der Waals surface area (Å²) in [7, 11) is -3.85. The number of nitrogens with one attached hydrogen (secondary N) is 1. The molecule has 1 N–H and O–H groups in total. The van der Waals surface area contributed by atoms with E-state index in [0.29, 0.717) is 28.3 Å². The number of para-hydroxylation sites is 3. The van der Waals surface area contributed by atoms with Gasteiger partial charge < -0.3 is 10.1 Å². The van der Waals surface area contributed by atoms with Crippen molar-refractivity contribution in [3.05, 3.63) is 91.0 Å². The first-order valence-electron chi connectivity index (χ1n) is 10.2. The van der Waals surface area contributed by atoms with E-state index in [-0.39, 0.29) is 4.90 Å². The number of rotatable bonds is 5. The molecule has 7 heteroatoms. The lowest BCUT2D eigenvalue weighted by molar-refractivity contribution is -0.116. The van der Waals surface area contributed by atoms with Crippen LogP contribution in [0.1, 0.15) is 6.92 Å². The van der Waals surface area contributed by atoms with E-state index in [0.717, 1.165) is 5.39 Å². The minimum Gasteiger partial charge on any atom is -0.455 e. The van der Waals surface area contributed by atoms with Crippen molar-refractivity contribution in [2.24, 2.45) is 0 Å². The van der Waals surface area contributed by atoms with Gasteiger partial charge >= 0.3 is 0 Å². The normalized spacial score (nSPS) is 14.8. The van der Waals surface area contributed by atoms with Crippen molar-refractivity contribution in [1.82, 2.24) is 0 Å². The molecular formula is C25H20N2O4S. The van der Waals surface area contributed by atoms with E-state index in [2.05, 4.69) is 5.32 Å². The van der Waals surface area contributed by atoms with Crippen molar-refractivity contribution in [2.75, 3.05) is 9.62 Å². The Balaban J connectivity index is 1.45. The number of nitrogens with zero attached hydrogens (tertiary/aromatic N) is 1. The molecule has 0 saturated heterocycles. The SMILES string of the molecule is C[C@H](C(=O)Nc1ccccc1Oc1ccccc1)N1c2cccc3cccc(c23)S1(=O)=O. The van der Waals surface area contributed by atoms with Gasteiger partial charge in [-0.05, 0) is 48.7 Å². The first-order chi connectivity index (χ1) is 15.5. The second kappa shape index (κ2) is 7.69. The average Bonchev–Trinajstić information content (AvgIpc) is 3.03. The average molecular weight is 445 g/mol. The molecular weight excluding hydrogens is 424 g/mol. The molecule has 0 spiro atoms. The number of hydrogen-bond donors (Lipinski definition) is 1. The minimum atomic E-state index is -3.85. The maximum Gasteiger partial charge on any atom is 0.265 e. The predicted molar refractivity (Wildman–Crippen MR) is 125 cm³/mol. The lowest BCUT2D eigenvalue weighted by atomic mass is 10.1. The van der Waals surface area contributed by atoms with E-state index in [4.69, 9.17) is 4.74 Å². The number of carbonyl (C=O) groups excluding carboxylic acids is 1. The fourth-order valence-electron chi connectivity index (χ4n) is 3.96. The van der Waals surface area contributed by atoms with Crippen LogP contribution in [-0.4, -0.2) is 20.4 Å². The highest BCUT2D eigenvalue weighted by molar-refractivity contribution is 7.93.